The van der Waals surface area contributed by atoms with Gasteiger partial charge in [0.15, 0.2) is 11.5 Å². The summed E-state index contributed by atoms with van der Waals surface area (Å²) in [5.74, 6) is 2.25. The van der Waals surface area contributed by atoms with Crippen molar-refractivity contribution in [3.05, 3.63) is 84.1 Å². The van der Waals surface area contributed by atoms with Gasteiger partial charge < -0.3 is 19.5 Å². The first-order chi connectivity index (χ1) is 16.3. The van der Waals surface area contributed by atoms with E-state index in [1.54, 1.807) is 50.7 Å². The number of hydrogen-bond donors (Lipinski definition) is 1. The third kappa shape index (κ3) is 4.96. The van der Waals surface area contributed by atoms with Crippen LogP contribution in [0.15, 0.2) is 72.9 Å². The van der Waals surface area contributed by atoms with Crippen LogP contribution < -0.4 is 19.5 Å². The van der Waals surface area contributed by atoms with Crippen LogP contribution >= 0.6 is 0 Å². The van der Waals surface area contributed by atoms with E-state index in [0.717, 1.165) is 16.6 Å². The van der Waals surface area contributed by atoms with Crippen LogP contribution in [0, 0.1) is 0 Å². The molecule has 0 unspecified atom stereocenters. The van der Waals surface area contributed by atoms with Gasteiger partial charge in [-0.15, -0.1) is 0 Å². The van der Waals surface area contributed by atoms with Crippen LogP contribution in [0.1, 0.15) is 36.7 Å². The van der Waals surface area contributed by atoms with Crippen molar-refractivity contribution in [2.45, 2.75) is 26.2 Å². The number of nitrogens with one attached hydrogen (secondary N) is 1. The number of ether oxygens (including phenoxy) is 3. The van der Waals surface area contributed by atoms with Crippen molar-refractivity contribution in [1.82, 2.24) is 4.98 Å². The number of rotatable bonds is 6. The maximum Gasteiger partial charge on any atom is 0.255 e. The third-order valence-electron chi connectivity index (χ3n) is 5.56. The number of benzene rings is 3. The molecule has 1 N–H and O–H groups in total. The highest BCUT2D eigenvalue weighted by atomic mass is 16.5. The van der Waals surface area contributed by atoms with Gasteiger partial charge in [0.25, 0.3) is 5.91 Å². The molecule has 1 heterocycles. The minimum Gasteiger partial charge on any atom is -0.493 e. The molecule has 0 aliphatic carbocycles. The molecule has 0 radical (unpaired) electrons. The second kappa shape index (κ2) is 9.43. The molecule has 0 aliphatic heterocycles. The van der Waals surface area contributed by atoms with Gasteiger partial charge in [-0.3, -0.25) is 9.78 Å². The van der Waals surface area contributed by atoms with Crippen molar-refractivity contribution in [3.63, 3.8) is 0 Å². The van der Waals surface area contributed by atoms with Gasteiger partial charge in [0.1, 0.15) is 11.5 Å². The summed E-state index contributed by atoms with van der Waals surface area (Å²) in [4.78, 5) is 17.1. The highest BCUT2D eigenvalue weighted by Gasteiger charge is 2.14. The van der Waals surface area contributed by atoms with Gasteiger partial charge in [-0.2, -0.15) is 0 Å². The highest BCUT2D eigenvalue weighted by Crippen LogP contribution is 2.36. The molecule has 0 saturated carbocycles. The largest absolute Gasteiger partial charge is 0.493 e. The quantitative estimate of drug-likeness (QED) is 0.354. The Labute approximate surface area is 199 Å². The summed E-state index contributed by atoms with van der Waals surface area (Å²) in [5, 5.41) is 3.73. The summed E-state index contributed by atoms with van der Waals surface area (Å²) in [5.41, 5.74) is 3.30. The third-order valence-corrected chi connectivity index (χ3v) is 5.56. The Morgan fingerprint density at radius 1 is 0.824 bits per heavy atom. The Bertz CT molecular complexity index is 1310. The van der Waals surface area contributed by atoms with Gasteiger partial charge in [0, 0.05) is 28.9 Å². The number of hydrogen-bond acceptors (Lipinski definition) is 5. The van der Waals surface area contributed by atoms with Crippen LogP contribution in [-0.2, 0) is 5.41 Å². The fraction of sp³-hybridized carbons (Fsp3) is 0.214. The molecule has 1 amide bonds. The van der Waals surface area contributed by atoms with Crippen LogP contribution in [0.4, 0.5) is 5.69 Å². The van der Waals surface area contributed by atoms with E-state index in [-0.39, 0.29) is 11.3 Å². The molecule has 0 bridgehead atoms. The number of aromatic nitrogens is 1. The van der Waals surface area contributed by atoms with Gasteiger partial charge >= 0.3 is 0 Å². The Morgan fingerprint density at radius 2 is 1.47 bits per heavy atom. The average Bonchev–Trinajstić information content (AvgIpc) is 2.83. The van der Waals surface area contributed by atoms with Crippen LogP contribution in [0.5, 0.6) is 23.0 Å². The predicted molar refractivity (Wildman–Crippen MR) is 134 cm³/mol. The number of carbonyl (C=O) groups excluding carboxylic acids is 1. The van der Waals surface area contributed by atoms with Gasteiger partial charge in [-0.25, -0.2) is 0 Å². The van der Waals surface area contributed by atoms with Crippen molar-refractivity contribution in [3.8, 4) is 23.0 Å². The van der Waals surface area contributed by atoms with Crippen molar-refractivity contribution in [2.24, 2.45) is 0 Å². The number of amides is 1. The number of carbonyl (C=O) groups is 1. The normalized spacial score (nSPS) is 11.2. The lowest BCUT2D eigenvalue weighted by molar-refractivity contribution is 0.102. The number of anilines is 1. The molecule has 1 aromatic heterocycles. The van der Waals surface area contributed by atoms with Crippen LogP contribution in [-0.4, -0.2) is 25.1 Å². The smallest absolute Gasteiger partial charge is 0.255 e. The number of nitrogens with zero attached hydrogens (tertiary/aromatic N) is 1. The number of methoxy groups -OCH3 is 2. The Balaban J connectivity index is 1.50. The Hall–Kier alpha value is -4.06. The Morgan fingerprint density at radius 3 is 2.09 bits per heavy atom. The molecule has 0 aliphatic rings. The molecule has 0 spiro atoms. The Kier molecular flexibility index (Phi) is 6.41. The molecule has 0 saturated heterocycles. The van der Waals surface area contributed by atoms with E-state index in [1.807, 2.05) is 36.4 Å². The summed E-state index contributed by atoms with van der Waals surface area (Å²) < 4.78 is 16.9. The summed E-state index contributed by atoms with van der Waals surface area (Å²) >= 11 is 0. The first-order valence-electron chi connectivity index (χ1n) is 11.0. The SMILES string of the molecule is COc1cc2nccc(Oc3ccc(C(=O)Nc4ccc(C(C)(C)C)cc4)cc3)c2cc1OC. The van der Waals surface area contributed by atoms with Crippen LogP contribution in [0.2, 0.25) is 0 Å². The fourth-order valence-corrected chi connectivity index (χ4v) is 3.59. The van der Waals surface area contributed by atoms with Gasteiger partial charge in [0.05, 0.1) is 19.7 Å². The molecular formula is C28H28N2O4. The fourth-order valence-electron chi connectivity index (χ4n) is 3.59. The highest BCUT2D eigenvalue weighted by molar-refractivity contribution is 6.04. The van der Waals surface area contributed by atoms with Crippen molar-refractivity contribution in [2.75, 3.05) is 19.5 Å². The second-order valence-corrected chi connectivity index (χ2v) is 8.94. The zero-order valence-electron chi connectivity index (χ0n) is 20.0. The predicted octanol–water partition coefficient (Wildman–Crippen LogP) is 6.59. The number of pyridine rings is 1. The minimum absolute atomic E-state index is 0.0652. The van der Waals surface area contributed by atoms with E-state index in [1.165, 1.54) is 5.56 Å². The first kappa shape index (κ1) is 23.1. The van der Waals surface area contributed by atoms with Gasteiger partial charge in [-0.1, -0.05) is 32.9 Å². The van der Waals surface area contributed by atoms with E-state index in [2.05, 4.69) is 31.1 Å². The topological polar surface area (TPSA) is 69.7 Å². The lowest BCUT2D eigenvalue weighted by atomic mass is 9.87. The van der Waals surface area contributed by atoms with Crippen LogP contribution in [0.3, 0.4) is 0 Å². The number of fused-ring (bicyclic) bond motifs is 1. The summed E-state index contributed by atoms with van der Waals surface area (Å²) in [7, 11) is 3.17. The van der Waals surface area contributed by atoms with Crippen molar-refractivity contribution in [1.29, 1.82) is 0 Å². The average molecular weight is 457 g/mol. The maximum atomic E-state index is 12.7. The standard InChI is InChI=1S/C28H28N2O4/c1-28(2,3)19-8-10-20(11-9-19)30-27(31)18-6-12-21(13-7-18)34-24-14-15-29-23-17-26(33-5)25(32-4)16-22(23)24/h6-17H,1-5H3,(H,30,31). The molecular weight excluding hydrogens is 428 g/mol. The molecule has 174 valence electrons. The van der Waals surface area contributed by atoms with Crippen molar-refractivity contribution >= 4 is 22.5 Å². The first-order valence-corrected chi connectivity index (χ1v) is 11.0. The lowest BCUT2D eigenvalue weighted by Crippen LogP contribution is -2.13. The molecule has 0 fully saturated rings. The molecule has 4 aromatic rings. The summed E-state index contributed by atoms with van der Waals surface area (Å²) in [6.45, 7) is 6.48. The van der Waals surface area contributed by atoms with Gasteiger partial charge in [0.2, 0.25) is 0 Å². The molecule has 3 aromatic carbocycles. The zero-order chi connectivity index (χ0) is 24.3. The van der Waals surface area contributed by atoms with Crippen LogP contribution in [0.25, 0.3) is 10.9 Å². The van der Waals surface area contributed by atoms with Crippen molar-refractivity contribution < 1.29 is 19.0 Å². The molecule has 6 nitrogen and oxygen atoms in total. The van der Waals surface area contributed by atoms with E-state index in [9.17, 15) is 4.79 Å². The van der Waals surface area contributed by atoms with E-state index in [0.29, 0.717) is 28.6 Å². The maximum absolute atomic E-state index is 12.7. The lowest BCUT2D eigenvalue weighted by Gasteiger charge is -2.19. The zero-order valence-corrected chi connectivity index (χ0v) is 20.0. The van der Waals surface area contributed by atoms with E-state index in [4.69, 9.17) is 14.2 Å². The minimum atomic E-state index is -0.179. The second-order valence-electron chi connectivity index (χ2n) is 8.94. The molecule has 6 heteroatoms. The molecule has 0 atom stereocenters. The monoisotopic (exact) mass is 456 g/mol. The molecule has 4 rings (SSSR count). The van der Waals surface area contributed by atoms with E-state index < -0.39 is 0 Å². The summed E-state index contributed by atoms with van der Waals surface area (Å²) in [6, 6.07) is 20.4. The van der Waals surface area contributed by atoms with E-state index >= 15 is 0 Å². The summed E-state index contributed by atoms with van der Waals surface area (Å²) in [6.07, 6.45) is 1.68. The van der Waals surface area contributed by atoms with Gasteiger partial charge in [-0.05, 0) is 59.5 Å². The molecule has 34 heavy (non-hydrogen) atoms.